The maximum atomic E-state index is 3.50. The molecule has 1 rings (SSSR count). The van der Waals surface area contributed by atoms with Crippen LogP contribution in [0, 0.1) is 0 Å². The number of hydrogen-bond acceptors (Lipinski definition) is 0. The van der Waals surface area contributed by atoms with Gasteiger partial charge in [-0.15, -0.1) is 0 Å². The molecule has 0 saturated heterocycles. The highest BCUT2D eigenvalue weighted by Crippen LogP contribution is 2.27. The Kier molecular flexibility index (Phi) is 5.84. The van der Waals surface area contributed by atoms with E-state index >= 15 is 0 Å². The van der Waals surface area contributed by atoms with Gasteiger partial charge in [-0.3, -0.25) is 0 Å². The van der Waals surface area contributed by atoms with Crippen molar-refractivity contribution in [2.45, 2.75) is 51.4 Å². The average molecular weight is 355 g/mol. The van der Waals surface area contributed by atoms with Gasteiger partial charge in [0.2, 0.25) is 0 Å². The van der Waals surface area contributed by atoms with E-state index in [0.29, 0.717) is 0 Å². The van der Waals surface area contributed by atoms with Gasteiger partial charge in [-0.25, -0.2) is 0 Å². The molecule has 0 fully saturated rings. The third-order valence-corrected chi connectivity index (χ3v) is 6.31. The largest absolute Gasteiger partial charge is 0.0749 e. The van der Waals surface area contributed by atoms with E-state index in [9.17, 15) is 0 Å². The first kappa shape index (κ1) is 16.9. The summed E-state index contributed by atoms with van der Waals surface area (Å²) in [6.07, 6.45) is 2.43. The molecule has 0 saturated carbocycles. The molecule has 0 aliphatic carbocycles. The van der Waals surface area contributed by atoms with Gasteiger partial charge in [0.05, 0.1) is 0 Å². The predicted molar refractivity (Wildman–Crippen MR) is 98.4 cm³/mol. The molecule has 0 aromatic heterocycles. The molecule has 0 unspecified atom stereocenters. The lowest BCUT2D eigenvalue weighted by Crippen LogP contribution is -2.25. The third-order valence-electron chi connectivity index (χ3n) is 2.76. The van der Waals surface area contributed by atoms with Crippen LogP contribution in [0.25, 0.3) is 6.08 Å². The van der Waals surface area contributed by atoms with E-state index in [4.69, 9.17) is 0 Å². The zero-order valence-corrected chi connectivity index (χ0v) is 16.8. The number of allylic oxidation sites excluding steroid dienone is 1. The van der Waals surface area contributed by atoms with E-state index in [1.54, 1.807) is 5.57 Å². The molecule has 19 heavy (non-hydrogen) atoms. The molecule has 0 N–H and O–H groups in total. The summed E-state index contributed by atoms with van der Waals surface area (Å²) in [6.45, 7) is 14.8. The highest BCUT2D eigenvalue weighted by molar-refractivity contribution is 9.10. The van der Waals surface area contributed by atoms with Gasteiger partial charge < -0.3 is 0 Å². The molecule has 0 amide bonds. The Morgan fingerprint density at radius 3 is 1.68 bits per heavy atom. The van der Waals surface area contributed by atoms with Crippen LogP contribution in [0.4, 0.5) is 0 Å². The molecule has 0 aliphatic rings. The molecule has 3 heteroatoms. The average Bonchev–Trinajstić information content (AvgIpc) is 2.16. The fourth-order valence-corrected chi connectivity index (χ4v) is 6.01. The first-order chi connectivity index (χ1) is 8.55. The predicted octanol–water partition coefficient (Wildman–Crippen LogP) is 6.51. The molecular weight excluding hydrogens is 328 g/mol. The number of benzene rings is 1. The van der Waals surface area contributed by atoms with Crippen LogP contribution in [0.15, 0.2) is 34.3 Å². The van der Waals surface area contributed by atoms with Crippen molar-refractivity contribution >= 4 is 38.2 Å². The van der Waals surface area contributed by atoms with Crippen LogP contribution >= 0.6 is 15.9 Å². The maximum Gasteiger partial charge on any atom is 0.0483 e. The summed E-state index contributed by atoms with van der Waals surface area (Å²) >= 11 is 3.50. The lowest BCUT2D eigenvalue weighted by molar-refractivity contribution is 1.28. The van der Waals surface area contributed by atoms with E-state index in [2.05, 4.69) is 85.6 Å². The molecule has 0 spiro atoms. The topological polar surface area (TPSA) is 0 Å². The van der Waals surface area contributed by atoms with Gasteiger partial charge in [-0.05, 0) is 29.8 Å². The molecule has 0 aliphatic heterocycles. The molecule has 1 aromatic rings. The van der Waals surface area contributed by atoms with Crippen LogP contribution in [0.5, 0.6) is 0 Å². The second-order valence-corrected chi connectivity index (χ2v) is 19.7. The standard InChI is InChI=1S/C16H27BrSi2/c1-18(2,3)12-15(13-19(4,5)6)11-14-7-9-16(17)10-8-14/h7-11H,12-13H2,1-6H3. The Bertz CT molecular complexity index is 415. The second-order valence-electron chi connectivity index (χ2n) is 7.83. The van der Waals surface area contributed by atoms with Crippen LogP contribution in [-0.2, 0) is 0 Å². The molecule has 0 atom stereocenters. The summed E-state index contributed by atoms with van der Waals surface area (Å²) in [5, 5.41) is 0. The van der Waals surface area contributed by atoms with Crippen molar-refractivity contribution in [1.82, 2.24) is 0 Å². The van der Waals surface area contributed by atoms with Crippen molar-refractivity contribution in [3.63, 3.8) is 0 Å². The van der Waals surface area contributed by atoms with Gasteiger partial charge in [-0.1, -0.05) is 79.0 Å². The highest BCUT2D eigenvalue weighted by Gasteiger charge is 2.21. The van der Waals surface area contributed by atoms with Crippen molar-refractivity contribution in [1.29, 1.82) is 0 Å². The van der Waals surface area contributed by atoms with Crippen LogP contribution in [0.3, 0.4) is 0 Å². The lowest BCUT2D eigenvalue weighted by atomic mass is 10.1. The van der Waals surface area contributed by atoms with E-state index in [0.717, 1.165) is 4.47 Å². The summed E-state index contributed by atoms with van der Waals surface area (Å²) in [5.41, 5.74) is 3.01. The normalized spacial score (nSPS) is 12.4. The van der Waals surface area contributed by atoms with Crippen LogP contribution in [-0.4, -0.2) is 16.1 Å². The first-order valence-electron chi connectivity index (χ1n) is 7.00. The molecule has 1 aromatic carbocycles. The van der Waals surface area contributed by atoms with E-state index in [1.807, 2.05) is 0 Å². The summed E-state index contributed by atoms with van der Waals surface area (Å²) in [5.74, 6) is 0. The van der Waals surface area contributed by atoms with Gasteiger partial charge in [0, 0.05) is 20.6 Å². The van der Waals surface area contributed by atoms with E-state index < -0.39 is 16.1 Å². The van der Waals surface area contributed by atoms with Gasteiger partial charge in [0.1, 0.15) is 0 Å². The number of hydrogen-bond donors (Lipinski definition) is 0. The van der Waals surface area contributed by atoms with Crippen molar-refractivity contribution in [3.8, 4) is 0 Å². The minimum Gasteiger partial charge on any atom is -0.0749 e. The molecule has 0 nitrogen and oxygen atoms in total. The number of halogens is 1. The van der Waals surface area contributed by atoms with Crippen LogP contribution in [0.2, 0.25) is 51.4 Å². The van der Waals surface area contributed by atoms with Crippen molar-refractivity contribution in [3.05, 3.63) is 39.9 Å². The third kappa shape index (κ3) is 7.90. The summed E-state index contributed by atoms with van der Waals surface area (Å²) in [7, 11) is -2.08. The zero-order chi connectivity index (χ0) is 14.7. The Labute approximate surface area is 129 Å². The Morgan fingerprint density at radius 2 is 1.32 bits per heavy atom. The maximum absolute atomic E-state index is 3.50. The number of rotatable bonds is 5. The van der Waals surface area contributed by atoms with Gasteiger partial charge in [0.15, 0.2) is 0 Å². The quantitative estimate of drug-likeness (QED) is 0.528. The minimum atomic E-state index is -1.04. The van der Waals surface area contributed by atoms with E-state index in [1.165, 1.54) is 17.7 Å². The van der Waals surface area contributed by atoms with E-state index in [-0.39, 0.29) is 0 Å². The molecule has 0 heterocycles. The fourth-order valence-electron chi connectivity index (χ4n) is 2.32. The highest BCUT2D eigenvalue weighted by atomic mass is 79.9. The van der Waals surface area contributed by atoms with Crippen molar-refractivity contribution in [2.75, 3.05) is 0 Å². The SMILES string of the molecule is C[Si](C)(C)CC(=Cc1ccc(Br)cc1)C[Si](C)(C)C. The Balaban J connectivity index is 2.98. The van der Waals surface area contributed by atoms with Crippen LogP contribution in [0.1, 0.15) is 5.56 Å². The molecule has 106 valence electrons. The molecular formula is C16H27BrSi2. The Hall–Kier alpha value is -0.126. The van der Waals surface area contributed by atoms with Gasteiger partial charge in [-0.2, -0.15) is 0 Å². The van der Waals surface area contributed by atoms with Gasteiger partial charge >= 0.3 is 0 Å². The lowest BCUT2D eigenvalue weighted by Gasteiger charge is -2.24. The summed E-state index contributed by atoms with van der Waals surface area (Å²) < 4.78 is 1.15. The van der Waals surface area contributed by atoms with Crippen molar-refractivity contribution in [2.24, 2.45) is 0 Å². The monoisotopic (exact) mass is 354 g/mol. The summed E-state index contributed by atoms with van der Waals surface area (Å²) in [6, 6.07) is 11.3. The van der Waals surface area contributed by atoms with Crippen molar-refractivity contribution < 1.29 is 0 Å². The Morgan fingerprint density at radius 1 is 0.895 bits per heavy atom. The fraction of sp³-hybridized carbons (Fsp3) is 0.500. The zero-order valence-electron chi connectivity index (χ0n) is 13.2. The minimum absolute atomic E-state index is 1.04. The smallest absolute Gasteiger partial charge is 0.0483 e. The molecule has 0 radical (unpaired) electrons. The first-order valence-corrected chi connectivity index (χ1v) is 15.2. The van der Waals surface area contributed by atoms with Gasteiger partial charge in [0.25, 0.3) is 0 Å². The molecule has 0 bridgehead atoms. The van der Waals surface area contributed by atoms with Crippen LogP contribution < -0.4 is 0 Å². The second kappa shape index (κ2) is 6.55. The summed E-state index contributed by atoms with van der Waals surface area (Å²) in [4.78, 5) is 0.